The highest BCUT2D eigenvalue weighted by molar-refractivity contribution is 7.98. The number of thioether (sulfide) groups is 1. The van der Waals surface area contributed by atoms with Gasteiger partial charge in [-0.3, -0.25) is 19.4 Å². The molecular weight excluding hydrogens is 502 g/mol. The molecule has 206 valence electrons. The molecule has 0 radical (unpaired) electrons. The molecular formula is C22H37N9O5S. The standard InChI is InChI=1S/C22H37N9O5S/c1-37-9-6-14(23)20(34)31-8-3-5-17(31)19(33)30-16(10-13-11-26-12-28-13)18(32)29-15(21(35)36)4-2-7-27-22(24)25/h11-12,14-17H,2-10,23H2,1H3,(H,26,28)(H,29,32)(H,30,33)(H,35,36)(H4,24,25,27). The number of carboxylic acid groups (broad SMARTS) is 1. The first-order valence-corrected chi connectivity index (χ1v) is 13.4. The fourth-order valence-corrected chi connectivity index (χ4v) is 4.50. The van der Waals surface area contributed by atoms with Crippen molar-refractivity contribution >= 4 is 41.4 Å². The van der Waals surface area contributed by atoms with Crippen LogP contribution in [0.15, 0.2) is 17.5 Å². The number of carbonyl (C=O) groups excluding carboxylic acids is 3. The van der Waals surface area contributed by atoms with Crippen molar-refractivity contribution in [1.29, 1.82) is 0 Å². The summed E-state index contributed by atoms with van der Waals surface area (Å²) in [5.74, 6) is -2.08. The molecule has 0 bridgehead atoms. The lowest BCUT2D eigenvalue weighted by Gasteiger charge is -2.28. The number of carboxylic acids is 1. The Morgan fingerprint density at radius 1 is 1.27 bits per heavy atom. The van der Waals surface area contributed by atoms with Gasteiger partial charge in [0.15, 0.2) is 5.96 Å². The summed E-state index contributed by atoms with van der Waals surface area (Å²) in [6.45, 7) is 0.610. The third kappa shape index (κ3) is 9.57. The maximum atomic E-state index is 13.2. The zero-order valence-corrected chi connectivity index (χ0v) is 21.7. The molecule has 10 N–H and O–H groups in total. The number of amides is 3. The fraction of sp³-hybridized carbons (Fsp3) is 0.636. The van der Waals surface area contributed by atoms with Gasteiger partial charge in [0.2, 0.25) is 17.7 Å². The van der Waals surface area contributed by atoms with Crippen LogP contribution in [0.25, 0.3) is 0 Å². The summed E-state index contributed by atoms with van der Waals surface area (Å²) in [6.07, 6.45) is 6.88. The van der Waals surface area contributed by atoms with Gasteiger partial charge in [0, 0.05) is 31.4 Å². The van der Waals surface area contributed by atoms with Gasteiger partial charge in [0.1, 0.15) is 18.1 Å². The summed E-state index contributed by atoms with van der Waals surface area (Å²) < 4.78 is 0. The smallest absolute Gasteiger partial charge is 0.326 e. The lowest BCUT2D eigenvalue weighted by atomic mass is 10.1. The first kappa shape index (κ1) is 29.9. The van der Waals surface area contributed by atoms with Crippen molar-refractivity contribution in [3.05, 3.63) is 18.2 Å². The summed E-state index contributed by atoms with van der Waals surface area (Å²) in [6, 6.07) is -3.78. The van der Waals surface area contributed by atoms with Crippen molar-refractivity contribution in [1.82, 2.24) is 25.5 Å². The zero-order chi connectivity index (χ0) is 27.4. The predicted molar refractivity (Wildman–Crippen MR) is 139 cm³/mol. The van der Waals surface area contributed by atoms with Crippen LogP contribution in [0.5, 0.6) is 0 Å². The highest BCUT2D eigenvalue weighted by atomic mass is 32.2. The van der Waals surface area contributed by atoms with Gasteiger partial charge < -0.3 is 42.8 Å². The number of aromatic nitrogens is 2. The van der Waals surface area contributed by atoms with Crippen LogP contribution in [0.3, 0.4) is 0 Å². The van der Waals surface area contributed by atoms with E-state index in [4.69, 9.17) is 17.2 Å². The first-order valence-electron chi connectivity index (χ1n) is 12.0. The summed E-state index contributed by atoms with van der Waals surface area (Å²) in [4.78, 5) is 63.0. The molecule has 1 aliphatic heterocycles. The number of aliphatic imine (C=N–C) groups is 1. The second kappa shape index (κ2) is 15.0. The van der Waals surface area contributed by atoms with Crippen LogP contribution >= 0.6 is 11.8 Å². The minimum absolute atomic E-state index is 0.0474. The Balaban J connectivity index is 2.10. The molecule has 1 aromatic rings. The number of nitrogens with zero attached hydrogens (tertiary/aromatic N) is 3. The number of guanidine groups is 1. The van der Waals surface area contributed by atoms with E-state index in [9.17, 15) is 24.3 Å². The minimum Gasteiger partial charge on any atom is -0.480 e. The number of hydrogen-bond acceptors (Lipinski definition) is 8. The highest BCUT2D eigenvalue weighted by Crippen LogP contribution is 2.19. The van der Waals surface area contributed by atoms with Crippen molar-refractivity contribution in [2.75, 3.05) is 25.1 Å². The monoisotopic (exact) mass is 539 g/mol. The molecule has 0 spiro atoms. The van der Waals surface area contributed by atoms with Crippen LogP contribution in [-0.4, -0.2) is 98.9 Å². The lowest BCUT2D eigenvalue weighted by Crippen LogP contribution is -2.57. The number of nitrogens with one attached hydrogen (secondary N) is 3. The van der Waals surface area contributed by atoms with Crippen molar-refractivity contribution in [3.8, 4) is 0 Å². The second-order valence-corrected chi connectivity index (χ2v) is 9.75. The molecule has 0 aliphatic carbocycles. The van der Waals surface area contributed by atoms with E-state index in [1.165, 1.54) is 17.4 Å². The zero-order valence-electron chi connectivity index (χ0n) is 20.9. The third-order valence-electron chi connectivity index (χ3n) is 5.96. The van der Waals surface area contributed by atoms with Crippen LogP contribution in [0.2, 0.25) is 0 Å². The molecule has 0 aromatic carbocycles. The van der Waals surface area contributed by atoms with E-state index in [0.717, 1.165) is 5.75 Å². The number of carbonyl (C=O) groups is 4. The predicted octanol–water partition coefficient (Wildman–Crippen LogP) is -1.87. The SMILES string of the molecule is CSCCC(N)C(=O)N1CCCC1C(=O)NC(Cc1cnc[nH]1)C(=O)NC(CCCN=C(N)N)C(=O)O. The molecule has 14 nitrogen and oxygen atoms in total. The molecule has 4 atom stereocenters. The Kier molecular flexibility index (Phi) is 12.2. The van der Waals surface area contributed by atoms with Gasteiger partial charge in [-0.25, -0.2) is 9.78 Å². The first-order chi connectivity index (χ1) is 17.6. The van der Waals surface area contributed by atoms with Gasteiger partial charge in [-0.1, -0.05) is 0 Å². The molecule has 1 fully saturated rings. The van der Waals surface area contributed by atoms with Crippen LogP contribution in [-0.2, 0) is 25.6 Å². The van der Waals surface area contributed by atoms with Crippen LogP contribution in [0.1, 0.15) is 37.8 Å². The topological polar surface area (TPSA) is 235 Å². The summed E-state index contributed by atoms with van der Waals surface area (Å²) >= 11 is 1.58. The molecule has 4 unspecified atom stereocenters. The number of aliphatic carboxylic acids is 1. The number of likely N-dealkylation sites (tertiary alicyclic amines) is 1. The van der Waals surface area contributed by atoms with Crippen molar-refractivity contribution < 1.29 is 24.3 Å². The Morgan fingerprint density at radius 2 is 2.03 bits per heavy atom. The molecule has 1 saturated heterocycles. The number of rotatable bonds is 15. The number of imidazole rings is 1. The average Bonchev–Trinajstić information content (AvgIpc) is 3.55. The molecule has 1 aliphatic rings. The van der Waals surface area contributed by atoms with Gasteiger partial charge >= 0.3 is 5.97 Å². The van der Waals surface area contributed by atoms with Gasteiger partial charge in [0.05, 0.1) is 12.4 Å². The van der Waals surface area contributed by atoms with Gasteiger partial charge in [-0.15, -0.1) is 0 Å². The molecule has 1 aromatic heterocycles. The molecule has 2 heterocycles. The van der Waals surface area contributed by atoms with Gasteiger partial charge in [-0.2, -0.15) is 11.8 Å². The fourth-order valence-electron chi connectivity index (χ4n) is 4.01. The van der Waals surface area contributed by atoms with Gasteiger partial charge in [0.25, 0.3) is 0 Å². The Morgan fingerprint density at radius 3 is 2.65 bits per heavy atom. The van der Waals surface area contributed by atoms with E-state index in [-0.39, 0.29) is 31.3 Å². The Bertz CT molecular complexity index is 939. The largest absolute Gasteiger partial charge is 0.480 e. The number of hydrogen-bond donors (Lipinski definition) is 7. The average molecular weight is 540 g/mol. The van der Waals surface area contributed by atoms with E-state index in [2.05, 4.69) is 25.6 Å². The number of H-pyrrole nitrogens is 1. The quantitative estimate of drug-likeness (QED) is 0.0744. The maximum absolute atomic E-state index is 13.2. The Hall–Kier alpha value is -3.33. The minimum atomic E-state index is -1.23. The molecule has 3 amide bonds. The number of aromatic amines is 1. The van der Waals surface area contributed by atoms with Crippen LogP contribution in [0, 0.1) is 0 Å². The van der Waals surface area contributed by atoms with E-state index in [1.54, 1.807) is 11.8 Å². The van der Waals surface area contributed by atoms with E-state index in [1.807, 2.05) is 6.26 Å². The van der Waals surface area contributed by atoms with Crippen LogP contribution < -0.4 is 27.8 Å². The van der Waals surface area contributed by atoms with E-state index >= 15 is 0 Å². The van der Waals surface area contributed by atoms with Crippen LogP contribution in [0.4, 0.5) is 0 Å². The van der Waals surface area contributed by atoms with E-state index in [0.29, 0.717) is 37.9 Å². The Labute approximate surface area is 219 Å². The maximum Gasteiger partial charge on any atom is 0.326 e. The van der Waals surface area contributed by atoms with Crippen molar-refractivity contribution in [3.63, 3.8) is 0 Å². The molecule has 15 heteroatoms. The summed E-state index contributed by atoms with van der Waals surface area (Å²) in [5, 5.41) is 14.8. The highest BCUT2D eigenvalue weighted by Gasteiger charge is 2.38. The molecule has 37 heavy (non-hydrogen) atoms. The van der Waals surface area contributed by atoms with Crippen molar-refractivity contribution in [2.24, 2.45) is 22.2 Å². The normalized spacial score (nSPS) is 17.5. The van der Waals surface area contributed by atoms with Gasteiger partial charge in [-0.05, 0) is 44.1 Å². The third-order valence-corrected chi connectivity index (χ3v) is 6.60. The second-order valence-electron chi connectivity index (χ2n) is 8.77. The van der Waals surface area contributed by atoms with E-state index < -0.39 is 42.0 Å². The molecule has 0 saturated carbocycles. The number of nitrogens with two attached hydrogens (primary N) is 3. The lowest BCUT2D eigenvalue weighted by molar-refractivity contribution is -0.143. The van der Waals surface area contributed by atoms with Crippen molar-refractivity contribution in [2.45, 2.75) is 62.7 Å². The summed E-state index contributed by atoms with van der Waals surface area (Å²) in [7, 11) is 0. The summed E-state index contributed by atoms with van der Waals surface area (Å²) in [5.41, 5.74) is 17.2. The molecule has 2 rings (SSSR count).